The Morgan fingerprint density at radius 1 is 1.05 bits per heavy atom. The maximum atomic E-state index is 6.12. The maximum absolute atomic E-state index is 6.12. The van der Waals surface area contributed by atoms with Gasteiger partial charge in [-0.2, -0.15) is 0 Å². The number of fused-ring (bicyclic) bond motifs is 1. The van der Waals surface area contributed by atoms with Crippen molar-refractivity contribution in [2.75, 3.05) is 7.11 Å². The van der Waals surface area contributed by atoms with E-state index < -0.39 is 0 Å². The zero-order chi connectivity index (χ0) is 14.1. The molecule has 3 rings (SSSR count). The zero-order valence-corrected chi connectivity index (χ0v) is 11.7. The third-order valence-corrected chi connectivity index (χ3v) is 3.22. The van der Waals surface area contributed by atoms with Crippen molar-refractivity contribution in [3.63, 3.8) is 0 Å². The fraction of sp³-hybridized carbons (Fsp3) is 0.143. The lowest BCUT2D eigenvalue weighted by Crippen LogP contribution is -1.94. The van der Waals surface area contributed by atoms with Gasteiger partial charge in [0.1, 0.15) is 22.7 Å². The third-order valence-electron chi connectivity index (χ3n) is 2.91. The molecule has 20 heavy (non-hydrogen) atoms. The monoisotopic (exact) mass is 286 g/mol. The van der Waals surface area contributed by atoms with Crippen molar-refractivity contribution in [2.24, 2.45) is 0 Å². The third kappa shape index (κ3) is 2.16. The molecule has 0 aliphatic heterocycles. The van der Waals surface area contributed by atoms with Crippen molar-refractivity contribution in [1.29, 1.82) is 0 Å². The van der Waals surface area contributed by atoms with E-state index in [0.29, 0.717) is 27.6 Å². The first-order valence-electron chi connectivity index (χ1n) is 5.96. The van der Waals surface area contributed by atoms with Crippen LogP contribution in [0.1, 0.15) is 5.56 Å². The Labute approximate surface area is 120 Å². The molecule has 0 bridgehead atoms. The Morgan fingerprint density at radius 3 is 2.50 bits per heavy atom. The first-order chi connectivity index (χ1) is 9.69. The minimum atomic E-state index is 0.377. The molecule has 5 nitrogen and oxygen atoms in total. The van der Waals surface area contributed by atoms with Gasteiger partial charge in [-0.15, -0.1) is 0 Å². The van der Waals surface area contributed by atoms with Crippen molar-refractivity contribution in [3.05, 3.63) is 41.6 Å². The van der Waals surface area contributed by atoms with Crippen molar-refractivity contribution < 1.29 is 4.74 Å². The van der Waals surface area contributed by atoms with E-state index in [1.165, 1.54) is 6.33 Å². The SMILES string of the molecule is COc1cc(-c2ncc(C)cn2)cc2c(Cl)ncnc12. The summed E-state index contributed by atoms with van der Waals surface area (Å²) in [7, 11) is 1.59. The standard InChI is InChI=1S/C14H11ClN4O/c1-8-5-16-14(17-6-8)9-3-10-12(11(4-9)20-2)18-7-19-13(10)15/h3-7H,1-2H3. The van der Waals surface area contributed by atoms with Crippen molar-refractivity contribution >= 4 is 22.5 Å². The summed E-state index contributed by atoms with van der Waals surface area (Å²) in [5.74, 6) is 1.22. The second-order valence-electron chi connectivity index (χ2n) is 4.32. The van der Waals surface area contributed by atoms with Crippen molar-refractivity contribution in [3.8, 4) is 17.1 Å². The number of aryl methyl sites for hydroxylation is 1. The fourth-order valence-electron chi connectivity index (χ4n) is 1.93. The first kappa shape index (κ1) is 12.7. The van der Waals surface area contributed by atoms with Gasteiger partial charge in [0.2, 0.25) is 0 Å². The van der Waals surface area contributed by atoms with E-state index in [2.05, 4.69) is 19.9 Å². The summed E-state index contributed by atoms with van der Waals surface area (Å²) in [5.41, 5.74) is 2.48. The van der Waals surface area contributed by atoms with Crippen LogP contribution in [0.3, 0.4) is 0 Å². The zero-order valence-electron chi connectivity index (χ0n) is 11.0. The predicted octanol–water partition coefficient (Wildman–Crippen LogP) is 3.06. The normalized spacial score (nSPS) is 10.8. The summed E-state index contributed by atoms with van der Waals surface area (Å²) in [5, 5.41) is 1.09. The molecule has 0 saturated heterocycles. The summed E-state index contributed by atoms with van der Waals surface area (Å²) in [6.07, 6.45) is 4.94. The highest BCUT2D eigenvalue weighted by Crippen LogP contribution is 2.32. The van der Waals surface area contributed by atoms with Crippen LogP contribution in [0.15, 0.2) is 30.9 Å². The van der Waals surface area contributed by atoms with E-state index in [1.807, 2.05) is 19.1 Å². The topological polar surface area (TPSA) is 60.8 Å². The van der Waals surface area contributed by atoms with Crippen molar-refractivity contribution in [2.45, 2.75) is 6.92 Å². The summed E-state index contributed by atoms with van der Waals surface area (Å²) in [4.78, 5) is 16.8. The number of rotatable bonds is 2. The smallest absolute Gasteiger partial charge is 0.159 e. The van der Waals surface area contributed by atoms with E-state index >= 15 is 0 Å². The minimum absolute atomic E-state index is 0.377. The highest BCUT2D eigenvalue weighted by molar-refractivity contribution is 6.34. The molecule has 0 amide bonds. The molecule has 2 aromatic heterocycles. The number of halogens is 1. The van der Waals surface area contributed by atoms with Gasteiger partial charge < -0.3 is 4.74 Å². The van der Waals surface area contributed by atoms with Crippen LogP contribution in [0.4, 0.5) is 0 Å². The van der Waals surface area contributed by atoms with Crippen LogP contribution in [-0.4, -0.2) is 27.0 Å². The largest absolute Gasteiger partial charge is 0.494 e. The van der Waals surface area contributed by atoms with Crippen molar-refractivity contribution in [1.82, 2.24) is 19.9 Å². The van der Waals surface area contributed by atoms with Gasteiger partial charge in [0.15, 0.2) is 5.82 Å². The van der Waals surface area contributed by atoms with E-state index in [9.17, 15) is 0 Å². The summed E-state index contributed by atoms with van der Waals surface area (Å²) in [6.45, 7) is 1.94. The van der Waals surface area contributed by atoms with E-state index in [4.69, 9.17) is 16.3 Å². The molecule has 1 aromatic carbocycles. The van der Waals surface area contributed by atoms with Crippen LogP contribution in [0.2, 0.25) is 5.15 Å². The Balaban J connectivity index is 2.27. The maximum Gasteiger partial charge on any atom is 0.159 e. The molecule has 6 heteroatoms. The number of nitrogens with zero attached hydrogens (tertiary/aromatic N) is 4. The highest BCUT2D eigenvalue weighted by Gasteiger charge is 2.12. The molecule has 0 saturated carbocycles. The van der Waals surface area contributed by atoms with Crippen LogP contribution in [-0.2, 0) is 0 Å². The van der Waals surface area contributed by atoms with Crippen LogP contribution in [0, 0.1) is 6.92 Å². The summed E-state index contributed by atoms with van der Waals surface area (Å²) < 4.78 is 5.36. The second kappa shape index (κ2) is 5.02. The number of benzene rings is 1. The molecular weight excluding hydrogens is 276 g/mol. The number of hydrogen-bond acceptors (Lipinski definition) is 5. The molecule has 0 unspecified atom stereocenters. The molecule has 0 N–H and O–H groups in total. The Hall–Kier alpha value is -2.27. The van der Waals surface area contributed by atoms with Gasteiger partial charge in [0.25, 0.3) is 0 Å². The molecule has 0 aliphatic rings. The molecule has 0 fully saturated rings. The van der Waals surface area contributed by atoms with Gasteiger partial charge in [0, 0.05) is 23.3 Å². The fourth-order valence-corrected chi connectivity index (χ4v) is 2.12. The molecule has 100 valence electrons. The second-order valence-corrected chi connectivity index (χ2v) is 4.68. The van der Waals surface area contributed by atoms with Crippen LogP contribution in [0.5, 0.6) is 5.75 Å². The number of hydrogen-bond donors (Lipinski definition) is 0. The Bertz CT molecular complexity index is 774. The Kier molecular flexibility index (Phi) is 3.20. The lowest BCUT2D eigenvalue weighted by Gasteiger charge is -2.08. The van der Waals surface area contributed by atoms with E-state index in [1.54, 1.807) is 19.5 Å². The molecule has 0 atom stereocenters. The van der Waals surface area contributed by atoms with Gasteiger partial charge in [-0.1, -0.05) is 11.6 Å². The predicted molar refractivity (Wildman–Crippen MR) is 76.9 cm³/mol. The van der Waals surface area contributed by atoms with Gasteiger partial charge in [-0.05, 0) is 24.6 Å². The van der Waals surface area contributed by atoms with E-state index in [-0.39, 0.29) is 0 Å². The summed E-state index contributed by atoms with van der Waals surface area (Å²) >= 11 is 6.12. The van der Waals surface area contributed by atoms with Gasteiger partial charge >= 0.3 is 0 Å². The van der Waals surface area contributed by atoms with Gasteiger partial charge in [0.05, 0.1) is 7.11 Å². The van der Waals surface area contributed by atoms with Crippen LogP contribution >= 0.6 is 11.6 Å². The average Bonchev–Trinajstić information content (AvgIpc) is 2.47. The number of ether oxygens (including phenoxy) is 1. The van der Waals surface area contributed by atoms with Crippen LogP contribution in [0.25, 0.3) is 22.3 Å². The van der Waals surface area contributed by atoms with Gasteiger partial charge in [-0.25, -0.2) is 19.9 Å². The molecule has 0 aliphatic carbocycles. The lowest BCUT2D eigenvalue weighted by molar-refractivity contribution is 0.419. The first-order valence-corrected chi connectivity index (χ1v) is 6.34. The molecular formula is C14H11ClN4O. The van der Waals surface area contributed by atoms with Gasteiger partial charge in [-0.3, -0.25) is 0 Å². The molecule has 0 spiro atoms. The highest BCUT2D eigenvalue weighted by atomic mass is 35.5. The van der Waals surface area contributed by atoms with Crippen LogP contribution < -0.4 is 4.74 Å². The molecule has 3 aromatic rings. The number of methoxy groups -OCH3 is 1. The lowest BCUT2D eigenvalue weighted by atomic mass is 10.1. The number of aromatic nitrogens is 4. The minimum Gasteiger partial charge on any atom is -0.494 e. The quantitative estimate of drug-likeness (QED) is 0.678. The average molecular weight is 287 g/mol. The molecule has 0 radical (unpaired) electrons. The Morgan fingerprint density at radius 2 is 1.80 bits per heavy atom. The van der Waals surface area contributed by atoms with E-state index in [0.717, 1.165) is 11.1 Å². The molecule has 2 heterocycles. The summed E-state index contributed by atoms with van der Waals surface area (Å²) in [6, 6.07) is 3.71.